The largest absolute Gasteiger partial charge is 0.416 e. The molecule has 0 heterocycles. The van der Waals surface area contributed by atoms with E-state index < -0.39 is 17.3 Å². The zero-order chi connectivity index (χ0) is 13.1. The Kier molecular flexibility index (Phi) is 6.13. The SMILES string of the molecule is CCOCC(C)(N)c1cccc(C(F)(F)F)c1.Cl. The Labute approximate surface area is 111 Å². The van der Waals surface area contributed by atoms with Crippen molar-refractivity contribution in [1.82, 2.24) is 0 Å². The summed E-state index contributed by atoms with van der Waals surface area (Å²) >= 11 is 0. The van der Waals surface area contributed by atoms with Crippen LogP contribution in [0.1, 0.15) is 25.0 Å². The number of benzene rings is 1. The van der Waals surface area contributed by atoms with Crippen molar-refractivity contribution >= 4 is 12.4 Å². The number of hydrogen-bond acceptors (Lipinski definition) is 2. The van der Waals surface area contributed by atoms with Gasteiger partial charge in [-0.2, -0.15) is 13.2 Å². The Balaban J connectivity index is 0.00000289. The molecule has 6 heteroatoms. The van der Waals surface area contributed by atoms with E-state index >= 15 is 0 Å². The maximum Gasteiger partial charge on any atom is 0.416 e. The molecule has 1 unspecified atom stereocenters. The average molecular weight is 284 g/mol. The molecular formula is C12H17ClF3NO. The van der Waals surface area contributed by atoms with E-state index in [1.807, 2.05) is 6.92 Å². The minimum absolute atomic E-state index is 0. The Morgan fingerprint density at radius 1 is 1.22 bits per heavy atom. The molecule has 0 aliphatic heterocycles. The molecule has 0 aromatic heterocycles. The van der Waals surface area contributed by atoms with Crippen molar-refractivity contribution in [2.45, 2.75) is 25.6 Å². The molecule has 2 nitrogen and oxygen atoms in total. The molecular weight excluding hydrogens is 267 g/mol. The van der Waals surface area contributed by atoms with Crippen LogP contribution in [0.4, 0.5) is 13.2 Å². The molecule has 1 rings (SSSR count). The summed E-state index contributed by atoms with van der Waals surface area (Å²) in [6.45, 7) is 4.12. The molecule has 0 radical (unpaired) electrons. The quantitative estimate of drug-likeness (QED) is 0.920. The average Bonchev–Trinajstić information content (AvgIpc) is 2.25. The van der Waals surface area contributed by atoms with Crippen LogP contribution < -0.4 is 5.73 Å². The van der Waals surface area contributed by atoms with Gasteiger partial charge in [0.1, 0.15) is 0 Å². The number of hydrogen-bond donors (Lipinski definition) is 1. The Hall–Kier alpha value is -0.780. The van der Waals surface area contributed by atoms with Crippen molar-refractivity contribution in [3.8, 4) is 0 Å². The van der Waals surface area contributed by atoms with Gasteiger partial charge in [-0.3, -0.25) is 0 Å². The fourth-order valence-electron chi connectivity index (χ4n) is 1.45. The lowest BCUT2D eigenvalue weighted by molar-refractivity contribution is -0.137. The van der Waals surface area contributed by atoms with Crippen molar-refractivity contribution < 1.29 is 17.9 Å². The first-order valence-corrected chi connectivity index (χ1v) is 5.31. The van der Waals surface area contributed by atoms with Gasteiger partial charge >= 0.3 is 6.18 Å². The van der Waals surface area contributed by atoms with Gasteiger partial charge < -0.3 is 10.5 Å². The summed E-state index contributed by atoms with van der Waals surface area (Å²) in [7, 11) is 0. The van der Waals surface area contributed by atoms with Gasteiger partial charge in [-0.25, -0.2) is 0 Å². The van der Waals surface area contributed by atoms with Crippen LogP contribution >= 0.6 is 12.4 Å². The number of ether oxygens (including phenoxy) is 1. The van der Waals surface area contributed by atoms with Gasteiger partial charge in [0.25, 0.3) is 0 Å². The van der Waals surface area contributed by atoms with Crippen molar-refractivity contribution in [2.75, 3.05) is 13.2 Å². The van der Waals surface area contributed by atoms with E-state index in [1.54, 1.807) is 13.0 Å². The second-order valence-corrected chi connectivity index (χ2v) is 4.13. The lowest BCUT2D eigenvalue weighted by Gasteiger charge is -2.25. The standard InChI is InChI=1S/C12H16F3NO.ClH/c1-3-17-8-11(2,16)9-5-4-6-10(7-9)12(13,14)15;/h4-7H,3,8,16H2,1-2H3;1H. The van der Waals surface area contributed by atoms with Crippen molar-refractivity contribution in [3.63, 3.8) is 0 Å². The van der Waals surface area contributed by atoms with Crippen LogP contribution in [0.3, 0.4) is 0 Å². The predicted molar refractivity (Wildman–Crippen MR) is 66.7 cm³/mol. The van der Waals surface area contributed by atoms with Gasteiger partial charge in [0.15, 0.2) is 0 Å². The van der Waals surface area contributed by atoms with E-state index in [0.717, 1.165) is 12.1 Å². The molecule has 0 fully saturated rings. The lowest BCUT2D eigenvalue weighted by Crippen LogP contribution is -2.38. The summed E-state index contributed by atoms with van der Waals surface area (Å²) in [6, 6.07) is 5.03. The molecule has 104 valence electrons. The number of nitrogens with two attached hydrogens (primary N) is 1. The molecule has 1 atom stereocenters. The molecule has 0 aliphatic carbocycles. The molecule has 0 spiro atoms. The van der Waals surface area contributed by atoms with Gasteiger partial charge in [0.2, 0.25) is 0 Å². The fraction of sp³-hybridized carbons (Fsp3) is 0.500. The highest BCUT2D eigenvalue weighted by atomic mass is 35.5. The summed E-state index contributed by atoms with van der Waals surface area (Å²) in [6.07, 6.45) is -4.35. The summed E-state index contributed by atoms with van der Waals surface area (Å²) in [5.41, 5.74) is 4.75. The number of halogens is 4. The third-order valence-corrected chi connectivity index (χ3v) is 2.46. The van der Waals surface area contributed by atoms with Gasteiger partial charge in [-0.05, 0) is 31.5 Å². The van der Waals surface area contributed by atoms with E-state index in [9.17, 15) is 13.2 Å². The van der Waals surface area contributed by atoms with Crippen LogP contribution in [0.2, 0.25) is 0 Å². The van der Waals surface area contributed by atoms with Crippen molar-refractivity contribution in [1.29, 1.82) is 0 Å². The summed E-state index contributed by atoms with van der Waals surface area (Å²) in [4.78, 5) is 0. The van der Waals surface area contributed by atoms with Gasteiger partial charge in [0, 0.05) is 6.61 Å². The van der Waals surface area contributed by atoms with Gasteiger partial charge in [-0.1, -0.05) is 12.1 Å². The minimum atomic E-state index is -4.35. The van der Waals surface area contributed by atoms with Crippen LogP contribution in [0.15, 0.2) is 24.3 Å². The Morgan fingerprint density at radius 3 is 2.28 bits per heavy atom. The number of rotatable bonds is 4. The van der Waals surface area contributed by atoms with Crippen LogP contribution in [-0.4, -0.2) is 13.2 Å². The molecule has 0 bridgehead atoms. The lowest BCUT2D eigenvalue weighted by atomic mass is 9.92. The third-order valence-electron chi connectivity index (χ3n) is 2.46. The third kappa shape index (κ3) is 4.48. The second-order valence-electron chi connectivity index (χ2n) is 4.13. The molecule has 2 N–H and O–H groups in total. The van der Waals surface area contributed by atoms with E-state index in [1.165, 1.54) is 6.07 Å². The Morgan fingerprint density at radius 2 is 1.78 bits per heavy atom. The van der Waals surface area contributed by atoms with Crippen molar-refractivity contribution in [2.24, 2.45) is 5.73 Å². The first-order valence-electron chi connectivity index (χ1n) is 5.31. The molecule has 0 saturated heterocycles. The molecule has 1 aromatic carbocycles. The summed E-state index contributed by atoms with van der Waals surface area (Å²) in [5, 5.41) is 0. The Bertz CT molecular complexity index is 380. The van der Waals surface area contributed by atoms with E-state index in [0.29, 0.717) is 12.2 Å². The smallest absolute Gasteiger partial charge is 0.379 e. The van der Waals surface area contributed by atoms with Gasteiger partial charge in [0.05, 0.1) is 17.7 Å². The van der Waals surface area contributed by atoms with Crippen LogP contribution in [-0.2, 0) is 16.5 Å². The minimum Gasteiger partial charge on any atom is -0.379 e. The zero-order valence-corrected chi connectivity index (χ0v) is 11.1. The second kappa shape index (κ2) is 6.41. The van der Waals surface area contributed by atoms with Crippen LogP contribution in [0.25, 0.3) is 0 Å². The van der Waals surface area contributed by atoms with Crippen molar-refractivity contribution in [3.05, 3.63) is 35.4 Å². The highest BCUT2D eigenvalue weighted by molar-refractivity contribution is 5.85. The summed E-state index contributed by atoms with van der Waals surface area (Å²) < 4.78 is 42.8. The number of alkyl halides is 3. The normalized spacial score (nSPS) is 14.8. The molecule has 0 saturated carbocycles. The fourth-order valence-corrected chi connectivity index (χ4v) is 1.45. The molecule has 0 aliphatic rings. The topological polar surface area (TPSA) is 35.2 Å². The first kappa shape index (κ1) is 17.2. The predicted octanol–water partition coefficient (Wildman–Crippen LogP) is 3.34. The van der Waals surface area contributed by atoms with E-state index in [2.05, 4.69) is 0 Å². The maximum absolute atomic E-state index is 12.5. The highest BCUT2D eigenvalue weighted by Gasteiger charge is 2.32. The van der Waals surface area contributed by atoms with E-state index in [-0.39, 0.29) is 19.0 Å². The van der Waals surface area contributed by atoms with E-state index in [4.69, 9.17) is 10.5 Å². The molecule has 0 amide bonds. The van der Waals surface area contributed by atoms with Crippen LogP contribution in [0, 0.1) is 0 Å². The maximum atomic E-state index is 12.5. The van der Waals surface area contributed by atoms with Crippen LogP contribution in [0.5, 0.6) is 0 Å². The van der Waals surface area contributed by atoms with Gasteiger partial charge in [-0.15, -0.1) is 12.4 Å². The zero-order valence-electron chi connectivity index (χ0n) is 10.3. The highest BCUT2D eigenvalue weighted by Crippen LogP contribution is 2.31. The molecule has 18 heavy (non-hydrogen) atoms. The molecule has 1 aromatic rings. The monoisotopic (exact) mass is 283 g/mol. The summed E-state index contributed by atoms with van der Waals surface area (Å²) in [5.74, 6) is 0. The first-order chi connectivity index (χ1) is 7.77.